The Morgan fingerprint density at radius 3 is 2.71 bits per heavy atom. The number of para-hydroxylation sites is 2. The summed E-state index contributed by atoms with van der Waals surface area (Å²) < 4.78 is 5.46. The summed E-state index contributed by atoms with van der Waals surface area (Å²) in [4.78, 5) is 24.8. The van der Waals surface area contributed by atoms with E-state index in [-0.39, 0.29) is 5.91 Å². The number of benzene rings is 2. The molecule has 0 saturated carbocycles. The third-order valence-corrected chi connectivity index (χ3v) is 5.32. The van der Waals surface area contributed by atoms with Crippen molar-refractivity contribution in [1.82, 2.24) is 14.9 Å². The summed E-state index contributed by atoms with van der Waals surface area (Å²) in [5.41, 5.74) is 4.28. The first-order valence-electron chi connectivity index (χ1n) is 9.75. The summed E-state index contributed by atoms with van der Waals surface area (Å²) in [5, 5.41) is 0. The number of hydrogen-bond donors (Lipinski definition) is 1. The van der Waals surface area contributed by atoms with Gasteiger partial charge in [-0.25, -0.2) is 4.98 Å². The predicted molar refractivity (Wildman–Crippen MR) is 111 cm³/mol. The molecule has 0 spiro atoms. The van der Waals surface area contributed by atoms with E-state index >= 15 is 0 Å². The van der Waals surface area contributed by atoms with Crippen LogP contribution in [0.2, 0.25) is 0 Å². The summed E-state index contributed by atoms with van der Waals surface area (Å²) in [6.07, 6.45) is 1.12. The number of rotatable bonds is 5. The number of H-pyrrole nitrogens is 1. The number of nitrogens with one attached hydrogen (secondary N) is 1. The molecule has 1 N–H and O–H groups in total. The summed E-state index contributed by atoms with van der Waals surface area (Å²) in [7, 11) is 1.69. The summed E-state index contributed by atoms with van der Waals surface area (Å²) in [6, 6.07) is 14.2. The quantitative estimate of drug-likeness (QED) is 0.741. The molecule has 2 heterocycles. The van der Waals surface area contributed by atoms with Crippen LogP contribution in [0.15, 0.2) is 42.5 Å². The Bertz CT molecular complexity index is 974. The fourth-order valence-corrected chi connectivity index (χ4v) is 3.77. The molecule has 2 aromatic carbocycles. The lowest BCUT2D eigenvalue weighted by atomic mass is 10.2. The molecule has 1 aliphatic rings. The van der Waals surface area contributed by atoms with Gasteiger partial charge in [-0.1, -0.05) is 18.2 Å². The molecule has 6 nitrogen and oxygen atoms in total. The highest BCUT2D eigenvalue weighted by Crippen LogP contribution is 2.28. The Labute approximate surface area is 165 Å². The number of hydrogen-bond acceptors (Lipinski definition) is 4. The number of carbonyl (C=O) groups is 1. The van der Waals surface area contributed by atoms with E-state index < -0.39 is 0 Å². The van der Waals surface area contributed by atoms with Gasteiger partial charge in [0.25, 0.3) is 0 Å². The van der Waals surface area contributed by atoms with Crippen molar-refractivity contribution in [3.8, 4) is 5.75 Å². The molecular weight excluding hydrogens is 352 g/mol. The zero-order chi connectivity index (χ0) is 19.5. The average molecular weight is 378 g/mol. The molecule has 6 heteroatoms. The molecule has 1 aromatic heterocycles. The van der Waals surface area contributed by atoms with Crippen LogP contribution in [0, 0.1) is 6.92 Å². The van der Waals surface area contributed by atoms with E-state index in [1.54, 1.807) is 7.11 Å². The number of amides is 1. The molecule has 0 radical (unpaired) electrons. The number of methoxy groups -OCH3 is 1. The number of nitrogens with zero attached hydrogens (tertiary/aromatic N) is 3. The number of imidazole rings is 1. The normalized spacial score (nSPS) is 14.5. The van der Waals surface area contributed by atoms with Crippen LogP contribution >= 0.6 is 0 Å². The van der Waals surface area contributed by atoms with Gasteiger partial charge in [0.1, 0.15) is 11.6 Å². The summed E-state index contributed by atoms with van der Waals surface area (Å²) in [6.45, 7) is 5.16. The van der Waals surface area contributed by atoms with Gasteiger partial charge in [0.2, 0.25) is 5.91 Å². The average Bonchev–Trinajstić information content (AvgIpc) is 3.14. The van der Waals surface area contributed by atoms with Gasteiger partial charge in [0.15, 0.2) is 0 Å². The monoisotopic (exact) mass is 378 g/mol. The Balaban J connectivity index is 1.32. The number of anilines is 1. The standard InChI is InChI=1S/C22H26N4O2/c1-16-7-8-17-18(15-16)24-21(23-17)9-10-22(27)26-13-11-25(12-14-26)19-5-3-4-6-20(19)28-2/h3-8,15H,9-14H2,1-2H3,(H,23,24). The fourth-order valence-electron chi connectivity index (χ4n) is 3.77. The Morgan fingerprint density at radius 1 is 1.14 bits per heavy atom. The number of ether oxygens (including phenoxy) is 1. The highest BCUT2D eigenvalue weighted by molar-refractivity contribution is 5.78. The van der Waals surface area contributed by atoms with E-state index in [0.29, 0.717) is 12.8 Å². The van der Waals surface area contributed by atoms with Gasteiger partial charge in [-0.05, 0) is 36.8 Å². The van der Waals surface area contributed by atoms with Crippen molar-refractivity contribution in [1.29, 1.82) is 0 Å². The fraction of sp³-hybridized carbons (Fsp3) is 0.364. The Hall–Kier alpha value is -3.02. The highest BCUT2D eigenvalue weighted by Gasteiger charge is 2.22. The van der Waals surface area contributed by atoms with Crippen LogP contribution in [0.3, 0.4) is 0 Å². The van der Waals surface area contributed by atoms with Crippen molar-refractivity contribution in [3.05, 3.63) is 53.9 Å². The van der Waals surface area contributed by atoms with Crippen LogP contribution in [0.1, 0.15) is 17.8 Å². The first-order chi connectivity index (χ1) is 13.6. The molecule has 0 aliphatic carbocycles. The maximum Gasteiger partial charge on any atom is 0.223 e. The van der Waals surface area contributed by atoms with E-state index in [4.69, 9.17) is 4.74 Å². The van der Waals surface area contributed by atoms with Crippen molar-refractivity contribution in [2.45, 2.75) is 19.8 Å². The molecule has 28 heavy (non-hydrogen) atoms. The second-order valence-electron chi connectivity index (χ2n) is 7.24. The molecule has 0 bridgehead atoms. The zero-order valence-corrected chi connectivity index (χ0v) is 16.4. The zero-order valence-electron chi connectivity index (χ0n) is 16.4. The van der Waals surface area contributed by atoms with E-state index in [1.165, 1.54) is 5.56 Å². The smallest absolute Gasteiger partial charge is 0.223 e. The maximum absolute atomic E-state index is 12.6. The molecule has 1 saturated heterocycles. The summed E-state index contributed by atoms with van der Waals surface area (Å²) >= 11 is 0. The number of aromatic amines is 1. The van der Waals surface area contributed by atoms with Crippen LogP contribution in [-0.2, 0) is 11.2 Å². The van der Waals surface area contributed by atoms with E-state index in [0.717, 1.165) is 54.5 Å². The second kappa shape index (κ2) is 7.92. The minimum absolute atomic E-state index is 0.191. The lowest BCUT2D eigenvalue weighted by Gasteiger charge is -2.36. The molecule has 0 atom stereocenters. The number of aryl methyl sites for hydroxylation is 2. The second-order valence-corrected chi connectivity index (χ2v) is 7.24. The number of fused-ring (bicyclic) bond motifs is 1. The van der Waals surface area contributed by atoms with Crippen LogP contribution in [0.25, 0.3) is 11.0 Å². The van der Waals surface area contributed by atoms with Crippen molar-refractivity contribution in [2.75, 3.05) is 38.2 Å². The lowest BCUT2D eigenvalue weighted by molar-refractivity contribution is -0.131. The van der Waals surface area contributed by atoms with E-state index in [1.807, 2.05) is 29.2 Å². The first-order valence-corrected chi connectivity index (χ1v) is 9.75. The molecule has 4 rings (SSSR count). The van der Waals surface area contributed by atoms with Gasteiger partial charge >= 0.3 is 0 Å². The van der Waals surface area contributed by atoms with E-state index in [2.05, 4.69) is 40.0 Å². The Kier molecular flexibility index (Phi) is 5.19. The van der Waals surface area contributed by atoms with Gasteiger partial charge in [0.05, 0.1) is 23.8 Å². The number of carbonyl (C=O) groups excluding carboxylic acids is 1. The molecule has 1 fully saturated rings. The molecule has 0 unspecified atom stereocenters. The first kappa shape index (κ1) is 18.3. The minimum Gasteiger partial charge on any atom is -0.495 e. The molecule has 1 aliphatic heterocycles. The lowest BCUT2D eigenvalue weighted by Crippen LogP contribution is -2.49. The van der Waals surface area contributed by atoms with Crippen LogP contribution in [-0.4, -0.2) is 54.1 Å². The molecule has 1 amide bonds. The predicted octanol–water partition coefficient (Wildman–Crippen LogP) is 3.16. The Morgan fingerprint density at radius 2 is 1.93 bits per heavy atom. The topological polar surface area (TPSA) is 61.5 Å². The van der Waals surface area contributed by atoms with Crippen molar-refractivity contribution < 1.29 is 9.53 Å². The third-order valence-electron chi connectivity index (χ3n) is 5.32. The van der Waals surface area contributed by atoms with E-state index in [9.17, 15) is 4.79 Å². The minimum atomic E-state index is 0.191. The highest BCUT2D eigenvalue weighted by atomic mass is 16.5. The van der Waals surface area contributed by atoms with Crippen LogP contribution < -0.4 is 9.64 Å². The largest absolute Gasteiger partial charge is 0.495 e. The van der Waals surface area contributed by atoms with Gasteiger partial charge < -0.3 is 19.5 Å². The van der Waals surface area contributed by atoms with Gasteiger partial charge in [-0.3, -0.25) is 4.79 Å². The van der Waals surface area contributed by atoms with Gasteiger partial charge in [-0.15, -0.1) is 0 Å². The molecule has 3 aromatic rings. The van der Waals surface area contributed by atoms with Crippen molar-refractivity contribution in [2.24, 2.45) is 0 Å². The van der Waals surface area contributed by atoms with Crippen LogP contribution in [0.4, 0.5) is 5.69 Å². The SMILES string of the molecule is COc1ccccc1N1CCN(C(=O)CCc2nc3ccc(C)cc3[nH]2)CC1. The van der Waals surface area contributed by atoms with Crippen molar-refractivity contribution in [3.63, 3.8) is 0 Å². The number of aromatic nitrogens is 2. The molecular formula is C22H26N4O2. The van der Waals surface area contributed by atoms with Gasteiger partial charge in [-0.2, -0.15) is 0 Å². The number of piperazine rings is 1. The van der Waals surface area contributed by atoms with Crippen molar-refractivity contribution >= 4 is 22.6 Å². The van der Waals surface area contributed by atoms with Crippen LogP contribution in [0.5, 0.6) is 5.75 Å². The summed E-state index contributed by atoms with van der Waals surface area (Å²) in [5.74, 6) is 1.94. The van der Waals surface area contributed by atoms with Gasteiger partial charge in [0, 0.05) is 39.0 Å². The molecule has 146 valence electrons. The third kappa shape index (κ3) is 3.81. The maximum atomic E-state index is 12.6.